The quantitative estimate of drug-likeness (QED) is 0.835. The Balaban J connectivity index is 2.07. The Bertz CT molecular complexity index is 494. The maximum absolute atomic E-state index is 11.9. The van der Waals surface area contributed by atoms with E-state index in [1.807, 2.05) is 6.92 Å². The molecule has 0 heterocycles. The summed E-state index contributed by atoms with van der Waals surface area (Å²) in [5, 5.41) is 9.51. The van der Waals surface area contributed by atoms with Crippen LogP contribution in [0.3, 0.4) is 0 Å². The summed E-state index contributed by atoms with van der Waals surface area (Å²) in [6.07, 6.45) is 0.312. The van der Waals surface area contributed by atoms with Gasteiger partial charge in [0.1, 0.15) is 0 Å². The fraction of sp³-hybridized carbons (Fsp3) is 0.500. The average molecular weight is 256 g/mol. The molecule has 2 rings (SSSR count). The van der Waals surface area contributed by atoms with Crippen LogP contribution in [0.4, 0.5) is 0 Å². The second-order valence-electron chi connectivity index (χ2n) is 4.89. The summed E-state index contributed by atoms with van der Waals surface area (Å²) in [4.78, 5) is 0.162. The van der Waals surface area contributed by atoms with Gasteiger partial charge in [-0.1, -0.05) is 17.7 Å². The fourth-order valence-corrected chi connectivity index (χ4v) is 3.00. The molecule has 17 heavy (non-hydrogen) atoms. The van der Waals surface area contributed by atoms with Gasteiger partial charge in [-0.25, -0.2) is 0 Å². The molecule has 0 aromatic heterocycles. The normalized spacial score (nSPS) is 28.8. The minimum atomic E-state index is -3.70. The molecular weight excluding hydrogens is 240 g/mol. The summed E-state index contributed by atoms with van der Waals surface area (Å²) in [7, 11) is -3.70. The van der Waals surface area contributed by atoms with Crippen molar-refractivity contribution in [1.82, 2.24) is 0 Å². The summed E-state index contributed by atoms with van der Waals surface area (Å²) in [5.74, 6) is 0. The molecule has 1 aliphatic rings. The smallest absolute Gasteiger partial charge is 0.297 e. The van der Waals surface area contributed by atoms with Crippen molar-refractivity contribution in [3.63, 3.8) is 0 Å². The standard InChI is InChI=1S/C12H16O4S/c1-9-3-5-11(6-4-9)17(14,15)16-10-7-12(2,13)8-10/h3-6,10,13H,7-8H2,1-2H3. The maximum Gasteiger partial charge on any atom is 0.297 e. The van der Waals surface area contributed by atoms with Crippen LogP contribution in [-0.2, 0) is 14.3 Å². The summed E-state index contributed by atoms with van der Waals surface area (Å²) in [6, 6.07) is 6.52. The van der Waals surface area contributed by atoms with Gasteiger partial charge in [-0.05, 0) is 26.0 Å². The third-order valence-electron chi connectivity index (χ3n) is 2.91. The van der Waals surface area contributed by atoms with Gasteiger partial charge >= 0.3 is 0 Å². The number of rotatable bonds is 3. The highest BCUT2D eigenvalue weighted by Crippen LogP contribution is 2.35. The molecule has 5 heteroatoms. The molecular formula is C12H16O4S. The van der Waals surface area contributed by atoms with Gasteiger partial charge in [-0.15, -0.1) is 0 Å². The van der Waals surface area contributed by atoms with Crippen LogP contribution >= 0.6 is 0 Å². The zero-order chi connectivity index (χ0) is 12.7. The lowest BCUT2D eigenvalue weighted by Gasteiger charge is -2.39. The molecule has 0 saturated heterocycles. The Hall–Kier alpha value is -0.910. The minimum absolute atomic E-state index is 0.162. The van der Waals surface area contributed by atoms with Crippen LogP contribution in [0, 0.1) is 6.92 Å². The monoisotopic (exact) mass is 256 g/mol. The summed E-state index contributed by atoms with van der Waals surface area (Å²) >= 11 is 0. The second-order valence-corrected chi connectivity index (χ2v) is 6.46. The van der Waals surface area contributed by atoms with Gasteiger partial charge in [0.25, 0.3) is 10.1 Å². The third-order valence-corrected chi connectivity index (χ3v) is 4.28. The van der Waals surface area contributed by atoms with Crippen LogP contribution in [-0.4, -0.2) is 25.2 Å². The molecule has 0 atom stereocenters. The van der Waals surface area contributed by atoms with E-state index in [4.69, 9.17) is 4.18 Å². The van der Waals surface area contributed by atoms with Crippen LogP contribution in [0.25, 0.3) is 0 Å². The first-order valence-corrected chi connectivity index (χ1v) is 6.92. The number of aryl methyl sites for hydroxylation is 1. The highest BCUT2D eigenvalue weighted by molar-refractivity contribution is 7.86. The number of aliphatic hydroxyl groups is 1. The maximum atomic E-state index is 11.9. The second kappa shape index (κ2) is 4.08. The predicted molar refractivity (Wildman–Crippen MR) is 63.1 cm³/mol. The zero-order valence-electron chi connectivity index (χ0n) is 9.88. The van der Waals surface area contributed by atoms with E-state index in [-0.39, 0.29) is 4.90 Å². The number of hydrogen-bond acceptors (Lipinski definition) is 4. The first kappa shape index (κ1) is 12.5. The van der Waals surface area contributed by atoms with E-state index >= 15 is 0 Å². The molecule has 1 aromatic carbocycles. The molecule has 1 saturated carbocycles. The minimum Gasteiger partial charge on any atom is -0.390 e. The van der Waals surface area contributed by atoms with Gasteiger partial charge in [-0.3, -0.25) is 4.18 Å². The van der Waals surface area contributed by atoms with Crippen LogP contribution in [0.2, 0.25) is 0 Å². The topological polar surface area (TPSA) is 63.6 Å². The van der Waals surface area contributed by atoms with Crippen molar-refractivity contribution in [3.05, 3.63) is 29.8 Å². The van der Waals surface area contributed by atoms with E-state index in [9.17, 15) is 13.5 Å². The van der Waals surface area contributed by atoms with Crippen LogP contribution in [0.1, 0.15) is 25.3 Å². The van der Waals surface area contributed by atoms with Crippen molar-refractivity contribution in [2.24, 2.45) is 0 Å². The molecule has 1 fully saturated rings. The summed E-state index contributed by atoms with van der Waals surface area (Å²) in [5.41, 5.74) is 0.212. The average Bonchev–Trinajstić information content (AvgIpc) is 2.14. The molecule has 1 aliphatic carbocycles. The van der Waals surface area contributed by atoms with Gasteiger partial charge in [0, 0.05) is 12.8 Å². The van der Waals surface area contributed by atoms with Crippen molar-refractivity contribution >= 4 is 10.1 Å². The molecule has 0 spiro atoms. The van der Waals surface area contributed by atoms with Crippen molar-refractivity contribution in [2.45, 2.75) is 43.3 Å². The van der Waals surface area contributed by atoms with E-state index in [1.54, 1.807) is 19.1 Å². The van der Waals surface area contributed by atoms with Crippen LogP contribution in [0.5, 0.6) is 0 Å². The predicted octanol–water partition coefficient (Wildman–Crippen LogP) is 1.61. The van der Waals surface area contributed by atoms with Crippen molar-refractivity contribution in [1.29, 1.82) is 0 Å². The Morgan fingerprint density at radius 3 is 2.29 bits per heavy atom. The van der Waals surface area contributed by atoms with Crippen molar-refractivity contribution < 1.29 is 17.7 Å². The lowest BCUT2D eigenvalue weighted by molar-refractivity contribution is -0.0868. The molecule has 0 unspecified atom stereocenters. The van der Waals surface area contributed by atoms with Gasteiger partial charge < -0.3 is 5.11 Å². The Morgan fingerprint density at radius 2 is 1.82 bits per heavy atom. The lowest BCUT2D eigenvalue weighted by Crippen LogP contribution is -2.46. The molecule has 0 radical (unpaired) electrons. The van der Waals surface area contributed by atoms with Gasteiger partial charge in [0.15, 0.2) is 0 Å². The SMILES string of the molecule is Cc1ccc(S(=O)(=O)OC2CC(C)(O)C2)cc1. The lowest BCUT2D eigenvalue weighted by atomic mass is 9.79. The first-order chi connectivity index (χ1) is 7.78. The Morgan fingerprint density at radius 1 is 1.29 bits per heavy atom. The van der Waals surface area contributed by atoms with Gasteiger partial charge in [0.05, 0.1) is 16.6 Å². The highest BCUT2D eigenvalue weighted by Gasteiger charge is 2.41. The first-order valence-electron chi connectivity index (χ1n) is 5.51. The Kier molecular flexibility index (Phi) is 3.01. The van der Waals surface area contributed by atoms with Crippen molar-refractivity contribution in [2.75, 3.05) is 0 Å². The van der Waals surface area contributed by atoms with Gasteiger partial charge in [0.2, 0.25) is 0 Å². The van der Waals surface area contributed by atoms with Crippen LogP contribution in [0.15, 0.2) is 29.2 Å². The molecule has 0 aliphatic heterocycles. The number of benzene rings is 1. The van der Waals surface area contributed by atoms with Crippen molar-refractivity contribution in [3.8, 4) is 0 Å². The van der Waals surface area contributed by atoms with E-state index < -0.39 is 21.8 Å². The van der Waals surface area contributed by atoms with Gasteiger partial charge in [-0.2, -0.15) is 8.42 Å². The molecule has 4 nitrogen and oxygen atoms in total. The summed E-state index contributed by atoms with van der Waals surface area (Å²) in [6.45, 7) is 3.56. The van der Waals surface area contributed by atoms with E-state index in [1.165, 1.54) is 12.1 Å². The Labute approximate surface area is 101 Å². The molecule has 94 valence electrons. The van der Waals surface area contributed by atoms with E-state index in [0.717, 1.165) is 5.56 Å². The molecule has 1 N–H and O–H groups in total. The molecule has 0 bridgehead atoms. The zero-order valence-corrected chi connectivity index (χ0v) is 10.7. The largest absolute Gasteiger partial charge is 0.390 e. The van der Waals surface area contributed by atoms with Crippen LogP contribution < -0.4 is 0 Å². The molecule has 1 aromatic rings. The van der Waals surface area contributed by atoms with E-state index in [2.05, 4.69) is 0 Å². The molecule has 0 amide bonds. The highest BCUT2D eigenvalue weighted by atomic mass is 32.2. The summed E-state index contributed by atoms with van der Waals surface area (Å²) < 4.78 is 28.8. The fourth-order valence-electron chi connectivity index (χ4n) is 1.93. The van der Waals surface area contributed by atoms with E-state index in [0.29, 0.717) is 12.8 Å². The number of hydrogen-bond donors (Lipinski definition) is 1. The third kappa shape index (κ3) is 2.86.